The van der Waals surface area contributed by atoms with E-state index >= 15 is 0 Å². The molecule has 19 heavy (non-hydrogen) atoms. The van der Waals surface area contributed by atoms with Crippen molar-refractivity contribution in [3.8, 4) is 5.75 Å². The Morgan fingerprint density at radius 1 is 1.32 bits per heavy atom. The van der Waals surface area contributed by atoms with Gasteiger partial charge in [-0.2, -0.15) is 0 Å². The molecule has 2 atom stereocenters. The monoisotopic (exact) mass is 267 g/mol. The summed E-state index contributed by atoms with van der Waals surface area (Å²) in [4.78, 5) is 0. The maximum Gasteiger partial charge on any atom is 0.169 e. The van der Waals surface area contributed by atoms with Gasteiger partial charge in [0.1, 0.15) is 0 Å². The van der Waals surface area contributed by atoms with Gasteiger partial charge >= 0.3 is 0 Å². The van der Waals surface area contributed by atoms with Gasteiger partial charge in [0.05, 0.1) is 13.2 Å². The van der Waals surface area contributed by atoms with Gasteiger partial charge in [0.15, 0.2) is 11.6 Å². The normalized spacial score (nSPS) is 23.9. The van der Waals surface area contributed by atoms with Crippen molar-refractivity contribution in [2.45, 2.75) is 50.8 Å². The third-order valence-electron chi connectivity index (χ3n) is 3.80. The Morgan fingerprint density at radius 2 is 2.11 bits per heavy atom. The number of aliphatic hydroxyl groups is 1. The lowest BCUT2D eigenvalue weighted by molar-refractivity contribution is 0.119. The van der Waals surface area contributed by atoms with E-state index in [-0.39, 0.29) is 23.7 Å². The molecule has 2 rings (SSSR count). The third-order valence-corrected chi connectivity index (χ3v) is 3.80. The SMILES string of the molecule is COc1cccc(CNC2CCCCCC2O)c1F. The zero-order valence-electron chi connectivity index (χ0n) is 11.4. The van der Waals surface area contributed by atoms with E-state index in [0.29, 0.717) is 12.1 Å². The van der Waals surface area contributed by atoms with Crippen LogP contribution in [0.15, 0.2) is 18.2 Å². The first-order chi connectivity index (χ1) is 9.22. The quantitative estimate of drug-likeness (QED) is 0.824. The summed E-state index contributed by atoms with van der Waals surface area (Å²) in [5.74, 6) is -0.0543. The number of ether oxygens (including phenoxy) is 1. The minimum absolute atomic E-state index is 0.0631. The predicted octanol–water partition coefficient (Wildman–Crippen LogP) is 2.62. The summed E-state index contributed by atoms with van der Waals surface area (Å²) in [6.07, 6.45) is 4.83. The van der Waals surface area contributed by atoms with Crippen LogP contribution < -0.4 is 10.1 Å². The molecule has 2 N–H and O–H groups in total. The molecule has 1 saturated carbocycles. The first kappa shape index (κ1) is 14.3. The van der Waals surface area contributed by atoms with Crippen LogP contribution in [-0.2, 0) is 6.54 Å². The molecule has 106 valence electrons. The Morgan fingerprint density at radius 3 is 2.89 bits per heavy atom. The van der Waals surface area contributed by atoms with Crippen molar-refractivity contribution < 1.29 is 14.2 Å². The fourth-order valence-corrected chi connectivity index (χ4v) is 2.62. The summed E-state index contributed by atoms with van der Waals surface area (Å²) in [6, 6.07) is 5.20. The van der Waals surface area contributed by atoms with Crippen LogP contribution in [0, 0.1) is 5.82 Å². The van der Waals surface area contributed by atoms with E-state index in [4.69, 9.17) is 4.74 Å². The standard InChI is InChI=1S/C15H22FNO2/c1-19-14-9-5-6-11(15(14)16)10-17-12-7-3-2-4-8-13(12)18/h5-6,9,12-13,17-18H,2-4,7-8,10H2,1H3. The van der Waals surface area contributed by atoms with Crippen molar-refractivity contribution in [3.63, 3.8) is 0 Å². The van der Waals surface area contributed by atoms with E-state index in [0.717, 1.165) is 25.7 Å². The molecule has 0 aromatic heterocycles. The minimum Gasteiger partial charge on any atom is -0.494 e. The molecule has 0 spiro atoms. The van der Waals surface area contributed by atoms with Crippen molar-refractivity contribution >= 4 is 0 Å². The lowest BCUT2D eigenvalue weighted by Crippen LogP contribution is -2.38. The summed E-state index contributed by atoms with van der Waals surface area (Å²) in [6.45, 7) is 0.421. The molecule has 1 aliphatic carbocycles. The highest BCUT2D eigenvalue weighted by molar-refractivity contribution is 5.30. The van der Waals surface area contributed by atoms with E-state index in [1.54, 1.807) is 18.2 Å². The van der Waals surface area contributed by atoms with Crippen LogP contribution in [-0.4, -0.2) is 24.4 Å². The van der Waals surface area contributed by atoms with Crippen molar-refractivity contribution in [1.29, 1.82) is 0 Å². The fraction of sp³-hybridized carbons (Fsp3) is 0.600. The second-order valence-corrected chi connectivity index (χ2v) is 5.13. The first-order valence-corrected chi connectivity index (χ1v) is 6.95. The lowest BCUT2D eigenvalue weighted by atomic mass is 10.1. The Kier molecular flexibility index (Phi) is 5.16. The summed E-state index contributed by atoms with van der Waals surface area (Å²) < 4.78 is 18.9. The molecule has 2 unspecified atom stereocenters. The second kappa shape index (κ2) is 6.87. The molecule has 0 bridgehead atoms. The van der Waals surface area contributed by atoms with Crippen molar-refractivity contribution in [3.05, 3.63) is 29.6 Å². The molecular weight excluding hydrogens is 245 g/mol. The zero-order chi connectivity index (χ0) is 13.7. The maximum atomic E-state index is 14.0. The number of rotatable bonds is 4. The number of halogens is 1. The van der Waals surface area contributed by atoms with Crippen LogP contribution in [0.4, 0.5) is 4.39 Å². The minimum atomic E-state index is -0.323. The summed E-state index contributed by atoms with van der Waals surface area (Å²) in [7, 11) is 1.46. The molecule has 0 aliphatic heterocycles. The van der Waals surface area contributed by atoms with Crippen LogP contribution in [0.1, 0.15) is 37.7 Å². The van der Waals surface area contributed by atoms with Gasteiger partial charge in [0.2, 0.25) is 0 Å². The lowest BCUT2D eigenvalue weighted by Gasteiger charge is -2.22. The van der Waals surface area contributed by atoms with Crippen molar-refractivity contribution in [1.82, 2.24) is 5.32 Å². The van der Waals surface area contributed by atoms with Gasteiger partial charge in [-0.05, 0) is 18.9 Å². The highest BCUT2D eigenvalue weighted by Gasteiger charge is 2.21. The fourth-order valence-electron chi connectivity index (χ4n) is 2.62. The predicted molar refractivity (Wildman–Crippen MR) is 72.7 cm³/mol. The number of benzene rings is 1. The Bertz CT molecular complexity index is 411. The molecule has 0 amide bonds. The van der Waals surface area contributed by atoms with Gasteiger partial charge in [0, 0.05) is 18.2 Å². The topological polar surface area (TPSA) is 41.5 Å². The number of methoxy groups -OCH3 is 1. The van der Waals surface area contributed by atoms with Crippen LogP contribution in [0.5, 0.6) is 5.75 Å². The third kappa shape index (κ3) is 3.67. The average Bonchev–Trinajstić information content (AvgIpc) is 2.62. The van der Waals surface area contributed by atoms with Crippen LogP contribution in [0.2, 0.25) is 0 Å². The van der Waals surface area contributed by atoms with Crippen LogP contribution in [0.25, 0.3) is 0 Å². The Labute approximate surface area is 113 Å². The van der Waals surface area contributed by atoms with Gasteiger partial charge in [-0.15, -0.1) is 0 Å². The molecule has 0 saturated heterocycles. The van der Waals surface area contributed by atoms with Gasteiger partial charge in [-0.1, -0.05) is 31.4 Å². The number of aliphatic hydroxyl groups excluding tert-OH is 1. The molecule has 4 heteroatoms. The molecule has 0 radical (unpaired) electrons. The molecule has 1 aliphatic rings. The summed E-state index contributed by atoms with van der Waals surface area (Å²) in [5.41, 5.74) is 0.579. The van der Waals surface area contributed by atoms with Crippen molar-refractivity contribution in [2.24, 2.45) is 0 Å². The van der Waals surface area contributed by atoms with Crippen LogP contribution >= 0.6 is 0 Å². The number of hydrogen-bond donors (Lipinski definition) is 2. The smallest absolute Gasteiger partial charge is 0.169 e. The van der Waals surface area contributed by atoms with Crippen molar-refractivity contribution in [2.75, 3.05) is 7.11 Å². The summed E-state index contributed by atoms with van der Waals surface area (Å²) >= 11 is 0. The highest BCUT2D eigenvalue weighted by Crippen LogP contribution is 2.21. The Hall–Kier alpha value is -1.13. The summed E-state index contributed by atoms with van der Waals surface area (Å²) in [5, 5.41) is 13.3. The van der Waals surface area contributed by atoms with E-state index in [1.165, 1.54) is 13.5 Å². The number of hydrogen-bond acceptors (Lipinski definition) is 3. The number of nitrogens with one attached hydrogen (secondary N) is 1. The maximum absolute atomic E-state index is 14.0. The first-order valence-electron chi connectivity index (χ1n) is 6.95. The molecule has 1 aromatic rings. The van der Waals surface area contributed by atoms with E-state index in [2.05, 4.69) is 5.32 Å². The zero-order valence-corrected chi connectivity index (χ0v) is 11.4. The van der Waals surface area contributed by atoms with Gasteiger partial charge < -0.3 is 15.2 Å². The van der Waals surface area contributed by atoms with Gasteiger partial charge in [0.25, 0.3) is 0 Å². The Balaban J connectivity index is 1.97. The van der Waals surface area contributed by atoms with E-state index < -0.39 is 0 Å². The largest absolute Gasteiger partial charge is 0.494 e. The molecule has 0 heterocycles. The molecule has 1 fully saturated rings. The van der Waals surface area contributed by atoms with Crippen LogP contribution in [0.3, 0.4) is 0 Å². The highest BCUT2D eigenvalue weighted by atomic mass is 19.1. The second-order valence-electron chi connectivity index (χ2n) is 5.13. The van der Waals surface area contributed by atoms with Gasteiger partial charge in [-0.3, -0.25) is 0 Å². The molecule has 1 aromatic carbocycles. The average molecular weight is 267 g/mol. The molecule has 3 nitrogen and oxygen atoms in total. The van der Waals surface area contributed by atoms with E-state index in [9.17, 15) is 9.50 Å². The van der Waals surface area contributed by atoms with E-state index in [1.807, 2.05) is 0 Å². The van der Waals surface area contributed by atoms with Gasteiger partial charge in [-0.25, -0.2) is 4.39 Å². The molecular formula is C15H22FNO2.